The molecule has 0 aliphatic heterocycles. The van der Waals surface area contributed by atoms with Gasteiger partial charge in [0.1, 0.15) is 18.3 Å². The Balaban J connectivity index is 2.47. The molecule has 196 valence electrons. The lowest BCUT2D eigenvalue weighted by Gasteiger charge is -2.32. The predicted molar refractivity (Wildman–Crippen MR) is 136 cm³/mol. The topological polar surface area (TPSA) is 139 Å². The first-order valence-electron chi connectivity index (χ1n) is 11.2. The van der Waals surface area contributed by atoms with Crippen molar-refractivity contribution in [3.63, 3.8) is 0 Å². The first-order chi connectivity index (χ1) is 16.7. The highest BCUT2D eigenvalue weighted by Gasteiger charge is 2.31. The number of nitrogens with one attached hydrogen (secondary N) is 1. The minimum atomic E-state index is -4.01. The van der Waals surface area contributed by atoms with Crippen LogP contribution in [0.5, 0.6) is 5.75 Å². The number of anilines is 1. The van der Waals surface area contributed by atoms with Crippen molar-refractivity contribution in [1.29, 1.82) is 0 Å². The van der Waals surface area contributed by atoms with Crippen molar-refractivity contribution in [2.75, 3.05) is 24.2 Å². The fourth-order valence-electron chi connectivity index (χ4n) is 3.49. The molecule has 0 spiro atoms. The lowest BCUT2D eigenvalue weighted by molar-refractivity contribution is -0.384. The summed E-state index contributed by atoms with van der Waals surface area (Å²) in [6.45, 7) is 6.11. The Morgan fingerprint density at radius 2 is 1.72 bits per heavy atom. The maximum absolute atomic E-state index is 13.5. The van der Waals surface area contributed by atoms with E-state index in [4.69, 9.17) is 4.74 Å². The van der Waals surface area contributed by atoms with Gasteiger partial charge in [-0.25, -0.2) is 8.42 Å². The molecule has 2 rings (SSSR count). The minimum absolute atomic E-state index is 0.0173. The average molecular weight is 521 g/mol. The Kier molecular flexibility index (Phi) is 9.40. The number of nitro groups is 1. The molecule has 2 aromatic carbocycles. The number of amides is 2. The zero-order valence-corrected chi connectivity index (χ0v) is 22.0. The second kappa shape index (κ2) is 11.8. The zero-order chi connectivity index (χ0) is 27.2. The average Bonchev–Trinajstić information content (AvgIpc) is 2.80. The van der Waals surface area contributed by atoms with Crippen molar-refractivity contribution in [2.45, 2.75) is 46.3 Å². The van der Waals surface area contributed by atoms with Gasteiger partial charge in [-0.1, -0.05) is 18.2 Å². The standard InChI is InChI=1S/C24H32N4O7S/c1-16(2)25-24(30)18(4)26(14-19-8-11-21(35-5)12-9-19)23(29)15-27(36(6,33)34)22-13-20(28(31)32)10-7-17(22)3/h7-13,16,18H,14-15H2,1-6H3,(H,25,30)/t18-/m0/s1. The summed E-state index contributed by atoms with van der Waals surface area (Å²) in [5.41, 5.74) is 0.845. The summed E-state index contributed by atoms with van der Waals surface area (Å²) < 4.78 is 31.4. The molecule has 0 saturated heterocycles. The third-order valence-corrected chi connectivity index (χ3v) is 6.59. The quantitative estimate of drug-likeness (QED) is 0.355. The van der Waals surface area contributed by atoms with Crippen LogP contribution in [0.4, 0.5) is 11.4 Å². The molecule has 0 saturated carbocycles. The molecule has 0 fully saturated rings. The third-order valence-electron chi connectivity index (χ3n) is 5.46. The summed E-state index contributed by atoms with van der Waals surface area (Å²) in [6, 6.07) is 9.62. The van der Waals surface area contributed by atoms with Gasteiger partial charge >= 0.3 is 0 Å². The molecule has 0 radical (unpaired) electrons. The number of rotatable bonds is 11. The molecule has 1 atom stereocenters. The van der Waals surface area contributed by atoms with E-state index in [0.717, 1.165) is 16.6 Å². The molecule has 0 aliphatic rings. The van der Waals surface area contributed by atoms with Gasteiger partial charge in [-0.3, -0.25) is 24.0 Å². The van der Waals surface area contributed by atoms with E-state index in [0.29, 0.717) is 16.9 Å². The highest BCUT2D eigenvalue weighted by atomic mass is 32.2. The van der Waals surface area contributed by atoms with Crippen LogP contribution in [0.1, 0.15) is 31.9 Å². The zero-order valence-electron chi connectivity index (χ0n) is 21.2. The van der Waals surface area contributed by atoms with Gasteiger partial charge in [0, 0.05) is 24.7 Å². The molecule has 2 amide bonds. The molecule has 0 bridgehead atoms. The number of ether oxygens (including phenoxy) is 1. The summed E-state index contributed by atoms with van der Waals surface area (Å²) in [5, 5.41) is 14.0. The number of sulfonamides is 1. The highest BCUT2D eigenvalue weighted by Crippen LogP contribution is 2.28. The largest absolute Gasteiger partial charge is 0.497 e. The van der Waals surface area contributed by atoms with Gasteiger partial charge in [-0.05, 0) is 51.0 Å². The van der Waals surface area contributed by atoms with Crippen molar-refractivity contribution in [2.24, 2.45) is 0 Å². The predicted octanol–water partition coefficient (Wildman–Crippen LogP) is 2.62. The number of aryl methyl sites for hydroxylation is 1. The fourth-order valence-corrected chi connectivity index (χ4v) is 4.39. The van der Waals surface area contributed by atoms with E-state index >= 15 is 0 Å². The van der Waals surface area contributed by atoms with E-state index in [1.165, 1.54) is 24.1 Å². The smallest absolute Gasteiger partial charge is 0.271 e. The fraction of sp³-hybridized carbons (Fsp3) is 0.417. The van der Waals surface area contributed by atoms with E-state index in [9.17, 15) is 28.1 Å². The van der Waals surface area contributed by atoms with E-state index in [2.05, 4.69) is 5.32 Å². The van der Waals surface area contributed by atoms with Crippen molar-refractivity contribution in [1.82, 2.24) is 10.2 Å². The van der Waals surface area contributed by atoms with Crippen LogP contribution in [-0.4, -0.2) is 62.0 Å². The summed E-state index contributed by atoms with van der Waals surface area (Å²) in [4.78, 5) is 38.2. The van der Waals surface area contributed by atoms with Crippen LogP contribution in [0.15, 0.2) is 42.5 Å². The second-order valence-electron chi connectivity index (χ2n) is 8.71. The molecule has 0 heterocycles. The normalized spacial score (nSPS) is 12.1. The number of carbonyl (C=O) groups is 2. The maximum atomic E-state index is 13.5. The van der Waals surface area contributed by atoms with E-state index in [-0.39, 0.29) is 24.0 Å². The Morgan fingerprint density at radius 3 is 2.22 bits per heavy atom. The molecule has 0 aromatic heterocycles. The molecular weight excluding hydrogens is 488 g/mol. The number of hydrogen-bond acceptors (Lipinski definition) is 7. The van der Waals surface area contributed by atoms with Crippen LogP contribution in [0, 0.1) is 17.0 Å². The minimum Gasteiger partial charge on any atom is -0.497 e. The van der Waals surface area contributed by atoms with E-state index < -0.39 is 39.3 Å². The third kappa shape index (κ3) is 7.41. The van der Waals surface area contributed by atoms with Gasteiger partial charge in [0.15, 0.2) is 0 Å². The number of methoxy groups -OCH3 is 1. The molecular formula is C24H32N4O7S. The van der Waals surface area contributed by atoms with Gasteiger partial charge < -0.3 is 15.0 Å². The van der Waals surface area contributed by atoms with Crippen molar-refractivity contribution >= 4 is 33.2 Å². The first kappa shape index (κ1) is 28.6. The van der Waals surface area contributed by atoms with Gasteiger partial charge in [-0.2, -0.15) is 0 Å². The first-order valence-corrected chi connectivity index (χ1v) is 13.0. The van der Waals surface area contributed by atoms with Gasteiger partial charge in [0.2, 0.25) is 21.8 Å². The van der Waals surface area contributed by atoms with Crippen LogP contribution in [-0.2, 0) is 26.2 Å². The number of hydrogen-bond donors (Lipinski definition) is 1. The van der Waals surface area contributed by atoms with Crippen LogP contribution in [0.2, 0.25) is 0 Å². The number of benzene rings is 2. The maximum Gasteiger partial charge on any atom is 0.271 e. The Bertz CT molecular complexity index is 1210. The van der Waals surface area contributed by atoms with Crippen LogP contribution >= 0.6 is 0 Å². The van der Waals surface area contributed by atoms with Gasteiger partial charge in [-0.15, -0.1) is 0 Å². The number of non-ortho nitro benzene ring substituents is 1. The van der Waals surface area contributed by atoms with Crippen molar-refractivity contribution in [3.05, 3.63) is 63.7 Å². The van der Waals surface area contributed by atoms with E-state index in [1.807, 2.05) is 0 Å². The summed E-state index contributed by atoms with van der Waals surface area (Å²) >= 11 is 0. The van der Waals surface area contributed by atoms with Crippen molar-refractivity contribution < 1.29 is 27.7 Å². The molecule has 11 nitrogen and oxygen atoms in total. The van der Waals surface area contributed by atoms with E-state index in [1.54, 1.807) is 52.0 Å². The van der Waals surface area contributed by atoms with Gasteiger partial charge in [0.25, 0.3) is 5.69 Å². The van der Waals surface area contributed by atoms with Crippen molar-refractivity contribution in [3.8, 4) is 5.75 Å². The molecule has 0 unspecified atom stereocenters. The molecule has 2 aromatic rings. The van der Waals surface area contributed by atoms with Gasteiger partial charge in [0.05, 0.1) is 24.0 Å². The number of carbonyl (C=O) groups excluding carboxylic acids is 2. The monoisotopic (exact) mass is 520 g/mol. The summed E-state index contributed by atoms with van der Waals surface area (Å²) in [5.74, 6) is -0.426. The number of nitro benzene ring substituents is 1. The molecule has 0 aliphatic carbocycles. The number of nitrogens with zero attached hydrogens (tertiary/aromatic N) is 3. The molecule has 12 heteroatoms. The SMILES string of the molecule is COc1ccc(CN(C(=O)CN(c2cc([N+](=O)[O-])ccc2C)S(C)(=O)=O)[C@@H](C)C(=O)NC(C)C)cc1. The second-order valence-corrected chi connectivity index (χ2v) is 10.6. The lowest BCUT2D eigenvalue weighted by atomic mass is 10.1. The summed E-state index contributed by atoms with van der Waals surface area (Å²) in [6.07, 6.45) is 0.918. The van der Waals surface area contributed by atoms with Crippen LogP contribution in [0.25, 0.3) is 0 Å². The lowest BCUT2D eigenvalue weighted by Crippen LogP contribution is -2.52. The Hall–Kier alpha value is -3.67. The Morgan fingerprint density at radius 1 is 1.11 bits per heavy atom. The highest BCUT2D eigenvalue weighted by molar-refractivity contribution is 7.92. The molecule has 1 N–H and O–H groups in total. The summed E-state index contributed by atoms with van der Waals surface area (Å²) in [7, 11) is -2.49. The Labute approximate surface area is 211 Å². The van der Waals surface area contributed by atoms with Crippen LogP contribution < -0.4 is 14.4 Å². The van der Waals surface area contributed by atoms with Crippen LogP contribution in [0.3, 0.4) is 0 Å². The molecule has 36 heavy (non-hydrogen) atoms.